The molecule has 0 N–H and O–H groups in total. The van der Waals surface area contributed by atoms with Crippen LogP contribution in [0.1, 0.15) is 5.56 Å². The minimum absolute atomic E-state index is 0.0808. The van der Waals surface area contributed by atoms with Crippen LogP contribution in [0.2, 0.25) is 0 Å². The van der Waals surface area contributed by atoms with Crippen LogP contribution in [0.4, 0.5) is 11.4 Å². The molecule has 4 nitrogen and oxygen atoms in total. The van der Waals surface area contributed by atoms with Crippen molar-refractivity contribution in [3.05, 3.63) is 82.4 Å². The number of benzene rings is 3. The highest BCUT2D eigenvalue weighted by Gasteiger charge is 2.03. The van der Waals surface area contributed by atoms with Gasteiger partial charge in [0.1, 0.15) is 0 Å². The lowest BCUT2D eigenvalue weighted by atomic mass is 10.1. The minimum atomic E-state index is -0.411. The molecule has 0 aliphatic carbocycles. The van der Waals surface area contributed by atoms with Gasteiger partial charge in [0, 0.05) is 23.7 Å². The maximum absolute atomic E-state index is 10.6. The largest absolute Gasteiger partial charge is 0.269 e. The lowest BCUT2D eigenvalue weighted by molar-refractivity contribution is -0.384. The normalized spacial score (nSPS) is 11.0. The number of non-ortho nitro benzene ring substituents is 1. The highest BCUT2D eigenvalue weighted by molar-refractivity contribution is 5.95. The molecule has 3 aromatic rings. The average Bonchev–Trinajstić information content (AvgIpc) is 2.53. The van der Waals surface area contributed by atoms with Gasteiger partial charge in [-0.05, 0) is 29.1 Å². The number of rotatable bonds is 3. The fraction of sp³-hybridized carbons (Fsp3) is 0. The molecule has 0 aromatic heterocycles. The van der Waals surface area contributed by atoms with Crippen molar-refractivity contribution in [3.63, 3.8) is 0 Å². The molecule has 102 valence electrons. The molecule has 3 rings (SSSR count). The van der Waals surface area contributed by atoms with Crippen LogP contribution in [-0.2, 0) is 0 Å². The molecule has 0 bridgehead atoms. The summed E-state index contributed by atoms with van der Waals surface area (Å²) >= 11 is 0. The number of aliphatic imine (C=N–C) groups is 1. The Morgan fingerprint density at radius 3 is 2.38 bits per heavy atom. The summed E-state index contributed by atoms with van der Waals surface area (Å²) in [5.41, 5.74) is 1.79. The quantitative estimate of drug-likeness (QED) is 0.402. The number of fused-ring (bicyclic) bond motifs is 1. The van der Waals surface area contributed by atoms with Crippen molar-refractivity contribution < 1.29 is 4.92 Å². The Bertz CT molecular complexity index is 818. The minimum Gasteiger partial charge on any atom is -0.258 e. The van der Waals surface area contributed by atoms with Gasteiger partial charge in [-0.2, -0.15) is 0 Å². The number of nitro groups is 1. The molecular weight excluding hydrogens is 264 g/mol. The molecule has 3 aromatic carbocycles. The monoisotopic (exact) mass is 276 g/mol. The Hall–Kier alpha value is -3.01. The van der Waals surface area contributed by atoms with E-state index in [-0.39, 0.29) is 5.69 Å². The van der Waals surface area contributed by atoms with Crippen molar-refractivity contribution in [3.8, 4) is 0 Å². The van der Waals surface area contributed by atoms with Gasteiger partial charge in [0.05, 0.1) is 10.6 Å². The maximum Gasteiger partial charge on any atom is 0.269 e. The van der Waals surface area contributed by atoms with Gasteiger partial charge in [-0.3, -0.25) is 15.1 Å². The molecule has 0 atom stereocenters. The van der Waals surface area contributed by atoms with E-state index in [1.54, 1.807) is 18.3 Å². The molecule has 0 saturated carbocycles. The number of nitrogens with zero attached hydrogens (tertiary/aromatic N) is 2. The summed E-state index contributed by atoms with van der Waals surface area (Å²) in [5.74, 6) is 0. The van der Waals surface area contributed by atoms with Crippen molar-refractivity contribution in [2.45, 2.75) is 0 Å². The molecule has 0 amide bonds. The number of nitro benzene ring substituents is 1. The van der Waals surface area contributed by atoms with Crippen LogP contribution in [0, 0.1) is 10.1 Å². The first kappa shape index (κ1) is 13.0. The zero-order valence-corrected chi connectivity index (χ0v) is 11.1. The van der Waals surface area contributed by atoms with E-state index in [4.69, 9.17) is 0 Å². The second-order valence-corrected chi connectivity index (χ2v) is 4.61. The van der Waals surface area contributed by atoms with Crippen molar-refractivity contribution in [1.82, 2.24) is 0 Å². The Labute approximate surface area is 121 Å². The van der Waals surface area contributed by atoms with E-state index < -0.39 is 4.92 Å². The number of hydrogen-bond donors (Lipinski definition) is 0. The summed E-state index contributed by atoms with van der Waals surface area (Å²) in [5, 5.41) is 12.8. The summed E-state index contributed by atoms with van der Waals surface area (Å²) in [6.45, 7) is 0. The zero-order valence-electron chi connectivity index (χ0n) is 11.1. The Morgan fingerprint density at radius 2 is 1.62 bits per heavy atom. The Kier molecular flexibility index (Phi) is 3.43. The topological polar surface area (TPSA) is 55.5 Å². The molecule has 0 unspecified atom stereocenters. The molecular formula is C17H12N2O2. The van der Waals surface area contributed by atoms with E-state index in [2.05, 4.69) is 4.99 Å². The van der Waals surface area contributed by atoms with E-state index in [0.717, 1.165) is 22.0 Å². The first-order valence-electron chi connectivity index (χ1n) is 6.50. The fourth-order valence-electron chi connectivity index (χ4n) is 2.15. The van der Waals surface area contributed by atoms with Crippen molar-refractivity contribution in [2.24, 2.45) is 4.99 Å². The van der Waals surface area contributed by atoms with E-state index >= 15 is 0 Å². The Balaban J connectivity index is 1.92. The van der Waals surface area contributed by atoms with Crippen LogP contribution < -0.4 is 0 Å². The first-order valence-corrected chi connectivity index (χ1v) is 6.50. The third-order valence-electron chi connectivity index (χ3n) is 3.22. The molecule has 0 heterocycles. The molecule has 0 saturated heterocycles. The molecule has 0 spiro atoms. The second kappa shape index (κ2) is 5.54. The average molecular weight is 276 g/mol. The summed E-state index contributed by atoms with van der Waals surface area (Å²) in [7, 11) is 0. The summed E-state index contributed by atoms with van der Waals surface area (Å²) < 4.78 is 0. The standard InChI is InChI=1S/C17H12N2O2/c20-19(21)15-10-8-13(9-11-15)12-18-17-7-3-5-14-4-1-2-6-16(14)17/h1-12H. The van der Waals surface area contributed by atoms with Crippen LogP contribution in [0.15, 0.2) is 71.7 Å². The van der Waals surface area contributed by atoms with Crippen LogP contribution >= 0.6 is 0 Å². The summed E-state index contributed by atoms with van der Waals surface area (Å²) in [4.78, 5) is 14.7. The van der Waals surface area contributed by atoms with Gasteiger partial charge in [-0.25, -0.2) is 0 Å². The molecule has 21 heavy (non-hydrogen) atoms. The van der Waals surface area contributed by atoms with Gasteiger partial charge >= 0.3 is 0 Å². The van der Waals surface area contributed by atoms with Gasteiger partial charge in [-0.1, -0.05) is 36.4 Å². The molecule has 0 aliphatic heterocycles. The second-order valence-electron chi connectivity index (χ2n) is 4.61. The SMILES string of the molecule is O=[N+]([O-])c1ccc(C=Nc2cccc3ccccc23)cc1. The van der Waals surface area contributed by atoms with Crippen molar-refractivity contribution in [2.75, 3.05) is 0 Å². The lowest BCUT2D eigenvalue weighted by Crippen LogP contribution is -1.88. The van der Waals surface area contributed by atoms with Gasteiger partial charge in [0.2, 0.25) is 0 Å². The third-order valence-corrected chi connectivity index (χ3v) is 3.22. The van der Waals surface area contributed by atoms with E-state index in [1.165, 1.54) is 12.1 Å². The van der Waals surface area contributed by atoms with E-state index in [9.17, 15) is 10.1 Å². The predicted octanol–water partition coefficient (Wildman–Crippen LogP) is 4.50. The lowest BCUT2D eigenvalue weighted by Gasteiger charge is -2.01. The zero-order chi connectivity index (χ0) is 14.7. The van der Waals surface area contributed by atoms with Crippen LogP contribution in [0.3, 0.4) is 0 Å². The van der Waals surface area contributed by atoms with Crippen LogP contribution in [0.25, 0.3) is 10.8 Å². The van der Waals surface area contributed by atoms with E-state index in [0.29, 0.717) is 0 Å². The molecule has 0 aliphatic rings. The van der Waals surface area contributed by atoms with Gasteiger partial charge in [0.15, 0.2) is 0 Å². The van der Waals surface area contributed by atoms with Gasteiger partial charge in [-0.15, -0.1) is 0 Å². The molecule has 0 radical (unpaired) electrons. The third kappa shape index (κ3) is 2.79. The highest BCUT2D eigenvalue weighted by Crippen LogP contribution is 2.25. The fourth-order valence-corrected chi connectivity index (χ4v) is 2.15. The molecule has 4 heteroatoms. The summed E-state index contributed by atoms with van der Waals surface area (Å²) in [6.07, 6.45) is 1.71. The van der Waals surface area contributed by atoms with Gasteiger partial charge < -0.3 is 0 Å². The van der Waals surface area contributed by atoms with Crippen LogP contribution in [-0.4, -0.2) is 11.1 Å². The van der Waals surface area contributed by atoms with Crippen LogP contribution in [0.5, 0.6) is 0 Å². The van der Waals surface area contributed by atoms with Gasteiger partial charge in [0.25, 0.3) is 5.69 Å². The molecule has 0 fully saturated rings. The van der Waals surface area contributed by atoms with Crippen molar-refractivity contribution in [1.29, 1.82) is 0 Å². The smallest absolute Gasteiger partial charge is 0.258 e. The maximum atomic E-state index is 10.6. The van der Waals surface area contributed by atoms with Crippen molar-refractivity contribution >= 4 is 28.4 Å². The Morgan fingerprint density at radius 1 is 0.905 bits per heavy atom. The summed E-state index contributed by atoms with van der Waals surface area (Å²) in [6, 6.07) is 20.3. The number of hydrogen-bond acceptors (Lipinski definition) is 3. The highest BCUT2D eigenvalue weighted by atomic mass is 16.6. The first-order chi connectivity index (χ1) is 10.2. The predicted molar refractivity (Wildman–Crippen MR) is 84.3 cm³/mol. The van der Waals surface area contributed by atoms with E-state index in [1.807, 2.05) is 42.5 Å².